The zero-order chi connectivity index (χ0) is 15.2. The van der Waals surface area contributed by atoms with E-state index < -0.39 is 26.4 Å². The molecule has 0 spiro atoms. The van der Waals surface area contributed by atoms with Gasteiger partial charge in [-0.1, -0.05) is 39.0 Å². The zero-order valence-corrected chi connectivity index (χ0v) is 12.5. The van der Waals surface area contributed by atoms with Gasteiger partial charge in [-0.05, 0) is 18.6 Å². The quantitative estimate of drug-likeness (QED) is 0.588. The topological polar surface area (TPSA) is 60.2 Å². The number of halogens is 2. The summed E-state index contributed by atoms with van der Waals surface area (Å²) in [5, 5.41) is 0. The van der Waals surface area contributed by atoms with E-state index in [2.05, 4.69) is 6.92 Å². The largest absolute Gasteiger partial charge is 0.399 e. The number of unbranched alkanes of at least 4 members (excludes halogenated alkanes) is 5. The number of nitrogen functional groups attached to an aromatic ring is 1. The maximum Gasteiger partial charge on any atom is 0.184 e. The van der Waals surface area contributed by atoms with Gasteiger partial charge in [-0.2, -0.15) is 0 Å². The molecule has 6 heteroatoms. The van der Waals surface area contributed by atoms with E-state index in [4.69, 9.17) is 5.73 Å². The molecule has 0 amide bonds. The van der Waals surface area contributed by atoms with E-state index in [0.29, 0.717) is 6.42 Å². The lowest BCUT2D eigenvalue weighted by atomic mass is 10.1. The van der Waals surface area contributed by atoms with Gasteiger partial charge in [-0.3, -0.25) is 0 Å². The highest BCUT2D eigenvalue weighted by atomic mass is 32.2. The van der Waals surface area contributed by atoms with Crippen molar-refractivity contribution in [1.82, 2.24) is 0 Å². The maximum absolute atomic E-state index is 13.6. The van der Waals surface area contributed by atoms with Crippen LogP contribution in [0.15, 0.2) is 17.0 Å². The highest BCUT2D eigenvalue weighted by Gasteiger charge is 2.24. The van der Waals surface area contributed by atoms with E-state index in [1.807, 2.05) is 0 Å². The Morgan fingerprint density at radius 2 is 1.50 bits per heavy atom. The van der Waals surface area contributed by atoms with Gasteiger partial charge in [0.05, 0.1) is 5.75 Å². The van der Waals surface area contributed by atoms with E-state index in [1.54, 1.807) is 0 Å². The molecule has 0 saturated carbocycles. The van der Waals surface area contributed by atoms with Crippen LogP contribution >= 0.6 is 0 Å². The van der Waals surface area contributed by atoms with Crippen molar-refractivity contribution >= 4 is 15.5 Å². The van der Waals surface area contributed by atoms with E-state index >= 15 is 0 Å². The minimum atomic E-state index is -3.94. The SMILES string of the molecule is CCCCCCCCS(=O)(=O)c1c(F)cc(N)cc1F. The van der Waals surface area contributed by atoms with Crippen molar-refractivity contribution in [3.05, 3.63) is 23.8 Å². The highest BCUT2D eigenvalue weighted by Crippen LogP contribution is 2.23. The number of rotatable bonds is 8. The zero-order valence-electron chi connectivity index (χ0n) is 11.7. The predicted octanol–water partition coefficient (Wildman–Crippen LogP) is 3.68. The van der Waals surface area contributed by atoms with E-state index in [1.165, 1.54) is 0 Å². The average molecular weight is 305 g/mol. The molecule has 0 aliphatic carbocycles. The maximum atomic E-state index is 13.6. The first-order chi connectivity index (χ1) is 9.38. The molecule has 0 aliphatic rings. The summed E-state index contributed by atoms with van der Waals surface area (Å²) in [6.07, 6.45) is 5.39. The van der Waals surface area contributed by atoms with E-state index in [-0.39, 0.29) is 11.4 Å². The van der Waals surface area contributed by atoms with Crippen molar-refractivity contribution < 1.29 is 17.2 Å². The van der Waals surface area contributed by atoms with Crippen molar-refractivity contribution in [1.29, 1.82) is 0 Å². The second kappa shape index (κ2) is 7.57. The van der Waals surface area contributed by atoms with Gasteiger partial charge in [0.2, 0.25) is 0 Å². The van der Waals surface area contributed by atoms with Gasteiger partial charge in [0.1, 0.15) is 16.5 Å². The summed E-state index contributed by atoms with van der Waals surface area (Å²) in [5.74, 6) is -2.47. The van der Waals surface area contributed by atoms with Crippen LogP contribution < -0.4 is 5.73 Å². The Morgan fingerprint density at radius 1 is 1.00 bits per heavy atom. The molecule has 0 atom stereocenters. The summed E-state index contributed by atoms with van der Waals surface area (Å²) < 4.78 is 51.1. The number of benzene rings is 1. The second-order valence-electron chi connectivity index (χ2n) is 4.90. The van der Waals surface area contributed by atoms with Crippen LogP contribution in [0.1, 0.15) is 45.4 Å². The van der Waals surface area contributed by atoms with Crippen LogP contribution in [-0.4, -0.2) is 14.2 Å². The molecule has 0 unspecified atom stereocenters. The van der Waals surface area contributed by atoms with Crippen LogP contribution in [0.4, 0.5) is 14.5 Å². The average Bonchev–Trinajstić information content (AvgIpc) is 2.31. The van der Waals surface area contributed by atoms with Crippen LogP contribution in [0, 0.1) is 11.6 Å². The van der Waals surface area contributed by atoms with Crippen molar-refractivity contribution in [2.45, 2.75) is 50.3 Å². The van der Waals surface area contributed by atoms with Crippen molar-refractivity contribution in [3.8, 4) is 0 Å². The standard InChI is InChI=1S/C14H21F2NO2S/c1-2-3-4-5-6-7-8-20(18,19)14-12(15)9-11(17)10-13(14)16/h9-10H,2-8,17H2,1H3. The number of anilines is 1. The Bertz CT molecular complexity index is 521. The first-order valence-corrected chi connectivity index (χ1v) is 8.51. The number of sulfone groups is 1. The van der Waals surface area contributed by atoms with Crippen LogP contribution in [0.5, 0.6) is 0 Å². The highest BCUT2D eigenvalue weighted by molar-refractivity contribution is 7.91. The van der Waals surface area contributed by atoms with Crippen molar-refractivity contribution in [3.63, 3.8) is 0 Å². The predicted molar refractivity (Wildman–Crippen MR) is 76.2 cm³/mol. The molecule has 1 rings (SSSR count). The Morgan fingerprint density at radius 3 is 2.05 bits per heavy atom. The van der Waals surface area contributed by atoms with Crippen molar-refractivity contribution in [2.24, 2.45) is 0 Å². The third-order valence-electron chi connectivity index (χ3n) is 3.10. The van der Waals surface area contributed by atoms with Gasteiger partial charge in [-0.25, -0.2) is 17.2 Å². The second-order valence-corrected chi connectivity index (χ2v) is 6.95. The molecule has 1 aromatic rings. The van der Waals surface area contributed by atoms with Crippen LogP contribution in [0.25, 0.3) is 0 Å². The van der Waals surface area contributed by atoms with Gasteiger partial charge in [-0.15, -0.1) is 0 Å². The fourth-order valence-electron chi connectivity index (χ4n) is 2.05. The summed E-state index contributed by atoms with van der Waals surface area (Å²) in [6, 6.07) is 1.66. The molecule has 0 aliphatic heterocycles. The summed E-state index contributed by atoms with van der Waals surface area (Å²) >= 11 is 0. The normalized spacial score (nSPS) is 11.8. The van der Waals surface area contributed by atoms with E-state index in [9.17, 15) is 17.2 Å². The smallest absolute Gasteiger partial charge is 0.184 e. The monoisotopic (exact) mass is 305 g/mol. The Labute approximate surface area is 119 Å². The van der Waals surface area contributed by atoms with Gasteiger partial charge < -0.3 is 5.73 Å². The Hall–Kier alpha value is -1.17. The molecule has 2 N–H and O–H groups in total. The number of hydrogen-bond donors (Lipinski definition) is 1. The first-order valence-electron chi connectivity index (χ1n) is 6.85. The Kier molecular flexibility index (Phi) is 6.39. The molecule has 0 saturated heterocycles. The molecule has 20 heavy (non-hydrogen) atoms. The molecule has 0 heterocycles. The molecule has 0 bridgehead atoms. The molecule has 114 valence electrons. The number of hydrogen-bond acceptors (Lipinski definition) is 3. The molecule has 3 nitrogen and oxygen atoms in total. The minimum absolute atomic E-state index is 0.126. The van der Waals surface area contributed by atoms with Gasteiger partial charge in [0, 0.05) is 5.69 Å². The van der Waals surface area contributed by atoms with Crippen LogP contribution in [0.3, 0.4) is 0 Å². The summed E-state index contributed by atoms with van der Waals surface area (Å²) in [5.41, 5.74) is 5.14. The van der Waals surface area contributed by atoms with Gasteiger partial charge >= 0.3 is 0 Å². The summed E-state index contributed by atoms with van der Waals surface area (Å²) in [6.45, 7) is 2.09. The molecule has 0 aromatic heterocycles. The molecule has 1 aromatic carbocycles. The van der Waals surface area contributed by atoms with Crippen LogP contribution in [0.2, 0.25) is 0 Å². The van der Waals surface area contributed by atoms with E-state index in [0.717, 1.165) is 44.2 Å². The fourth-order valence-corrected chi connectivity index (χ4v) is 3.55. The lowest BCUT2D eigenvalue weighted by Crippen LogP contribution is -2.12. The molecule has 0 radical (unpaired) electrons. The first kappa shape index (κ1) is 16.9. The Balaban J connectivity index is 2.66. The van der Waals surface area contributed by atoms with Crippen molar-refractivity contribution in [2.75, 3.05) is 11.5 Å². The molecule has 0 fully saturated rings. The third-order valence-corrected chi connectivity index (χ3v) is 4.94. The van der Waals surface area contributed by atoms with Crippen LogP contribution in [-0.2, 0) is 9.84 Å². The summed E-state index contributed by atoms with van der Waals surface area (Å²) in [4.78, 5) is -0.861. The fraction of sp³-hybridized carbons (Fsp3) is 0.571. The number of nitrogens with two attached hydrogens (primary N) is 1. The van der Waals surface area contributed by atoms with Gasteiger partial charge in [0.25, 0.3) is 0 Å². The summed E-state index contributed by atoms with van der Waals surface area (Å²) in [7, 11) is -3.94. The third kappa shape index (κ3) is 4.74. The lowest BCUT2D eigenvalue weighted by molar-refractivity contribution is 0.518. The molecular formula is C14H21F2NO2S. The van der Waals surface area contributed by atoms with Gasteiger partial charge in [0.15, 0.2) is 9.84 Å². The molecular weight excluding hydrogens is 284 g/mol. The lowest BCUT2D eigenvalue weighted by Gasteiger charge is -2.08. The minimum Gasteiger partial charge on any atom is -0.399 e.